The molecular weight excluding hydrogens is 324 g/mol. The first-order valence-electron chi connectivity index (χ1n) is 6.06. The predicted octanol–water partition coefficient (Wildman–Crippen LogP) is 4.80. The van der Waals surface area contributed by atoms with Crippen LogP contribution in [0.5, 0.6) is 5.75 Å². The van der Waals surface area contributed by atoms with E-state index in [0.29, 0.717) is 0 Å². The van der Waals surface area contributed by atoms with Crippen LogP contribution in [-0.4, -0.2) is 12.0 Å². The number of hydrogen-bond donors (Lipinski definition) is 0. The quantitative estimate of drug-likeness (QED) is 0.593. The smallest absolute Gasteiger partial charge is 0.454 e. The Morgan fingerprint density at radius 1 is 1.09 bits per heavy atom. The Kier molecular flexibility index (Phi) is 4.71. The third-order valence-corrected chi connectivity index (χ3v) is 3.17. The lowest BCUT2D eigenvalue weighted by atomic mass is 10.1. The molecule has 0 radical (unpaired) electrons. The van der Waals surface area contributed by atoms with Gasteiger partial charge in [0.2, 0.25) is 0 Å². The third kappa shape index (κ3) is 3.76. The van der Waals surface area contributed by atoms with Crippen molar-refractivity contribution < 1.29 is 27.1 Å². The maximum Gasteiger partial charge on any atom is 0.454 e. The molecule has 0 aliphatic heterocycles. The highest BCUT2D eigenvalue weighted by molar-refractivity contribution is 6.31. The first-order valence-corrected chi connectivity index (χ1v) is 6.44. The van der Waals surface area contributed by atoms with E-state index in [1.807, 2.05) is 0 Å². The van der Waals surface area contributed by atoms with E-state index in [1.54, 1.807) is 0 Å². The summed E-state index contributed by atoms with van der Waals surface area (Å²) in [4.78, 5) is 11.0. The van der Waals surface area contributed by atoms with Crippen molar-refractivity contribution in [1.82, 2.24) is 0 Å². The first-order chi connectivity index (χ1) is 10.3. The molecule has 2 aromatic rings. The largest absolute Gasteiger partial charge is 0.489 e. The van der Waals surface area contributed by atoms with Crippen LogP contribution in [0.2, 0.25) is 5.02 Å². The summed E-state index contributed by atoms with van der Waals surface area (Å²) in [6.07, 6.45) is -4.93. The van der Waals surface area contributed by atoms with Crippen molar-refractivity contribution in [3.05, 3.63) is 64.4 Å². The Morgan fingerprint density at radius 3 is 2.27 bits per heavy atom. The van der Waals surface area contributed by atoms with Gasteiger partial charge in [-0.2, -0.15) is 13.2 Å². The molecule has 0 fully saturated rings. The summed E-state index contributed by atoms with van der Waals surface area (Å²) in [6.45, 7) is -0.182. The molecule has 2 aromatic carbocycles. The molecule has 7 heteroatoms. The van der Waals surface area contributed by atoms with E-state index in [0.717, 1.165) is 12.1 Å². The number of carbonyl (C=O) groups excluding carboxylic acids is 1. The molecule has 0 bridgehead atoms. The minimum absolute atomic E-state index is 0.139. The van der Waals surface area contributed by atoms with Crippen LogP contribution >= 0.6 is 11.6 Å². The fraction of sp³-hybridized carbons (Fsp3) is 0.133. The van der Waals surface area contributed by atoms with Crippen molar-refractivity contribution in [1.29, 1.82) is 0 Å². The molecule has 0 unspecified atom stereocenters. The standard InChI is InChI=1S/C15H9ClF4O2/c16-12-2-1-3-13(17)11(12)8-22-10-6-4-9(5-7-10)14(21)15(18,19)20/h1-7H,8H2. The minimum atomic E-state index is -4.93. The zero-order valence-corrected chi connectivity index (χ0v) is 11.7. The topological polar surface area (TPSA) is 26.3 Å². The molecule has 0 atom stereocenters. The number of benzene rings is 2. The number of ketones is 1. The van der Waals surface area contributed by atoms with E-state index in [4.69, 9.17) is 16.3 Å². The zero-order valence-electron chi connectivity index (χ0n) is 11.0. The van der Waals surface area contributed by atoms with E-state index in [-0.39, 0.29) is 22.9 Å². The summed E-state index contributed by atoms with van der Waals surface area (Å²) >= 11 is 5.82. The Morgan fingerprint density at radius 2 is 1.73 bits per heavy atom. The molecule has 116 valence electrons. The summed E-state index contributed by atoms with van der Waals surface area (Å²) in [7, 11) is 0. The number of carbonyl (C=O) groups is 1. The van der Waals surface area contributed by atoms with Crippen LogP contribution in [0.1, 0.15) is 15.9 Å². The average molecular weight is 333 g/mol. The van der Waals surface area contributed by atoms with E-state index in [9.17, 15) is 22.4 Å². The highest BCUT2D eigenvalue weighted by Gasteiger charge is 2.39. The Labute approximate surface area is 128 Å². The van der Waals surface area contributed by atoms with Gasteiger partial charge in [-0.3, -0.25) is 4.79 Å². The van der Waals surface area contributed by atoms with Crippen LogP contribution in [0.4, 0.5) is 17.6 Å². The third-order valence-electron chi connectivity index (χ3n) is 2.82. The van der Waals surface area contributed by atoms with Crippen LogP contribution in [0, 0.1) is 5.82 Å². The van der Waals surface area contributed by atoms with Crippen LogP contribution in [0.3, 0.4) is 0 Å². The molecule has 0 aromatic heterocycles. The molecule has 0 aliphatic carbocycles. The van der Waals surface area contributed by atoms with E-state index in [2.05, 4.69) is 0 Å². The molecule has 0 saturated heterocycles. The predicted molar refractivity (Wildman–Crippen MR) is 72.6 cm³/mol. The van der Waals surface area contributed by atoms with Crippen molar-refractivity contribution in [2.75, 3.05) is 0 Å². The summed E-state index contributed by atoms with van der Waals surface area (Å²) in [5.74, 6) is -2.29. The lowest BCUT2D eigenvalue weighted by molar-refractivity contribution is -0.0885. The minimum Gasteiger partial charge on any atom is -0.489 e. The van der Waals surface area contributed by atoms with Gasteiger partial charge in [0.15, 0.2) is 0 Å². The molecule has 0 spiro atoms. The molecule has 0 N–H and O–H groups in total. The lowest BCUT2D eigenvalue weighted by Crippen LogP contribution is -2.22. The van der Waals surface area contributed by atoms with Gasteiger partial charge < -0.3 is 4.74 Å². The summed E-state index contributed by atoms with van der Waals surface area (Å²) < 4.78 is 55.5. The van der Waals surface area contributed by atoms with Gasteiger partial charge in [0.1, 0.15) is 18.2 Å². The molecule has 2 rings (SSSR count). The van der Waals surface area contributed by atoms with Crippen LogP contribution in [-0.2, 0) is 6.61 Å². The number of halogens is 5. The molecule has 0 heterocycles. The van der Waals surface area contributed by atoms with Gasteiger partial charge in [-0.15, -0.1) is 0 Å². The molecular formula is C15H9ClF4O2. The Bertz CT molecular complexity index is 661. The van der Waals surface area contributed by atoms with Gasteiger partial charge in [-0.05, 0) is 36.4 Å². The molecule has 2 nitrogen and oxygen atoms in total. The summed E-state index contributed by atoms with van der Waals surface area (Å²) in [6, 6.07) is 8.55. The van der Waals surface area contributed by atoms with E-state index in [1.165, 1.54) is 30.3 Å². The lowest BCUT2D eigenvalue weighted by Gasteiger charge is -2.10. The van der Waals surface area contributed by atoms with Gasteiger partial charge in [-0.1, -0.05) is 17.7 Å². The number of hydrogen-bond acceptors (Lipinski definition) is 2. The normalized spacial score (nSPS) is 11.3. The molecule has 0 saturated carbocycles. The highest BCUT2D eigenvalue weighted by atomic mass is 35.5. The molecule has 0 aliphatic rings. The maximum absolute atomic E-state index is 13.5. The van der Waals surface area contributed by atoms with Gasteiger partial charge in [0.25, 0.3) is 5.78 Å². The zero-order chi connectivity index (χ0) is 16.3. The molecule has 0 amide bonds. The Balaban J connectivity index is 2.08. The van der Waals surface area contributed by atoms with Gasteiger partial charge >= 0.3 is 6.18 Å². The number of Topliss-reactive ketones (excluding diaryl/α,β-unsaturated/α-hetero) is 1. The number of rotatable bonds is 4. The first kappa shape index (κ1) is 16.3. The van der Waals surface area contributed by atoms with Crippen LogP contribution in [0.25, 0.3) is 0 Å². The SMILES string of the molecule is O=C(c1ccc(OCc2c(F)cccc2Cl)cc1)C(F)(F)F. The van der Waals surface area contributed by atoms with Crippen molar-refractivity contribution in [2.45, 2.75) is 12.8 Å². The fourth-order valence-corrected chi connectivity index (χ4v) is 1.91. The molecule has 22 heavy (non-hydrogen) atoms. The van der Waals surface area contributed by atoms with Gasteiger partial charge in [0.05, 0.1) is 5.02 Å². The average Bonchev–Trinajstić information content (AvgIpc) is 2.46. The number of alkyl halides is 3. The van der Waals surface area contributed by atoms with Crippen molar-refractivity contribution >= 4 is 17.4 Å². The Hall–Kier alpha value is -2.08. The summed E-state index contributed by atoms with van der Waals surface area (Å²) in [5, 5.41) is 0.184. The van der Waals surface area contributed by atoms with Crippen molar-refractivity contribution in [3.8, 4) is 5.75 Å². The maximum atomic E-state index is 13.5. The fourth-order valence-electron chi connectivity index (χ4n) is 1.69. The highest BCUT2D eigenvalue weighted by Crippen LogP contribution is 2.24. The second kappa shape index (κ2) is 6.36. The second-order valence-corrected chi connectivity index (χ2v) is 4.75. The van der Waals surface area contributed by atoms with E-state index < -0.39 is 23.3 Å². The monoisotopic (exact) mass is 332 g/mol. The summed E-state index contributed by atoms with van der Waals surface area (Å²) in [5.41, 5.74) is -0.358. The van der Waals surface area contributed by atoms with Crippen LogP contribution < -0.4 is 4.74 Å². The number of ether oxygens (including phenoxy) is 1. The van der Waals surface area contributed by atoms with Gasteiger partial charge in [-0.25, -0.2) is 4.39 Å². The van der Waals surface area contributed by atoms with E-state index >= 15 is 0 Å². The van der Waals surface area contributed by atoms with Crippen molar-refractivity contribution in [2.24, 2.45) is 0 Å². The van der Waals surface area contributed by atoms with Gasteiger partial charge in [0, 0.05) is 11.1 Å². The second-order valence-electron chi connectivity index (χ2n) is 4.34. The van der Waals surface area contributed by atoms with Crippen LogP contribution in [0.15, 0.2) is 42.5 Å². The van der Waals surface area contributed by atoms with Crippen molar-refractivity contribution in [3.63, 3.8) is 0 Å².